The van der Waals surface area contributed by atoms with Gasteiger partial charge in [-0.15, -0.1) is 0 Å². The number of amides is 1. The van der Waals surface area contributed by atoms with Crippen LogP contribution in [0, 0.1) is 20.8 Å². The van der Waals surface area contributed by atoms with E-state index in [9.17, 15) is 4.79 Å². The molecule has 0 saturated carbocycles. The van der Waals surface area contributed by atoms with Crippen molar-refractivity contribution in [1.29, 1.82) is 0 Å². The molecule has 1 saturated heterocycles. The van der Waals surface area contributed by atoms with Gasteiger partial charge in [-0.05, 0) is 27.7 Å². The summed E-state index contributed by atoms with van der Waals surface area (Å²) in [5.41, 5.74) is 5.43. The third-order valence-electron chi connectivity index (χ3n) is 6.60. The number of aromatic nitrogens is 8. The molecule has 1 aliphatic heterocycles. The van der Waals surface area contributed by atoms with Crippen LogP contribution in [0.5, 0.6) is 5.88 Å². The molecule has 0 aromatic carbocycles. The average molecular weight is 464 g/mol. The summed E-state index contributed by atoms with van der Waals surface area (Å²) in [4.78, 5) is 29.0. The minimum absolute atomic E-state index is 0.0110. The van der Waals surface area contributed by atoms with E-state index in [0.29, 0.717) is 47.9 Å². The first kappa shape index (κ1) is 22.1. The van der Waals surface area contributed by atoms with Crippen LogP contribution in [0.15, 0.2) is 12.5 Å². The molecular weight excluding hydrogens is 434 g/mol. The van der Waals surface area contributed by atoms with Crippen molar-refractivity contribution in [3.63, 3.8) is 0 Å². The third-order valence-corrected chi connectivity index (χ3v) is 6.60. The standard InChI is InChI=1S/C23H29N9O2/c1-7-32-14(3)17(10-25-32)20-26-21-19(24-12-29(21)5)22(27-20)34-16-8-9-31(11-16)23(33)18-13(2)28-30(6)15(18)4/h10,12,16H,7-9,11H2,1-6H3. The number of hydrogen-bond acceptors (Lipinski definition) is 7. The van der Waals surface area contributed by atoms with Gasteiger partial charge in [0.05, 0.1) is 35.9 Å². The van der Waals surface area contributed by atoms with Crippen LogP contribution >= 0.6 is 0 Å². The van der Waals surface area contributed by atoms with Gasteiger partial charge in [-0.2, -0.15) is 15.2 Å². The Kier molecular flexibility index (Phi) is 5.34. The zero-order valence-corrected chi connectivity index (χ0v) is 20.4. The number of hydrogen-bond donors (Lipinski definition) is 0. The van der Waals surface area contributed by atoms with Crippen LogP contribution in [-0.4, -0.2) is 69.1 Å². The molecule has 0 radical (unpaired) electrons. The molecular formula is C23H29N9O2. The lowest BCUT2D eigenvalue weighted by Gasteiger charge is -2.17. The largest absolute Gasteiger partial charge is 0.471 e. The molecule has 1 atom stereocenters. The summed E-state index contributed by atoms with van der Waals surface area (Å²) in [5.74, 6) is 0.969. The van der Waals surface area contributed by atoms with Gasteiger partial charge in [0.1, 0.15) is 6.10 Å². The third kappa shape index (κ3) is 3.51. The lowest BCUT2D eigenvalue weighted by atomic mass is 10.2. The highest BCUT2D eigenvalue weighted by atomic mass is 16.5. The summed E-state index contributed by atoms with van der Waals surface area (Å²) in [5, 5.41) is 8.81. The number of likely N-dealkylation sites (tertiary alicyclic amines) is 1. The Morgan fingerprint density at radius 2 is 1.97 bits per heavy atom. The zero-order chi connectivity index (χ0) is 24.1. The van der Waals surface area contributed by atoms with E-state index in [1.165, 1.54) is 0 Å². The van der Waals surface area contributed by atoms with E-state index in [-0.39, 0.29) is 12.0 Å². The van der Waals surface area contributed by atoms with Crippen molar-refractivity contribution in [2.45, 2.75) is 46.8 Å². The van der Waals surface area contributed by atoms with Gasteiger partial charge >= 0.3 is 0 Å². The highest BCUT2D eigenvalue weighted by molar-refractivity contribution is 5.96. The summed E-state index contributed by atoms with van der Waals surface area (Å²) >= 11 is 0. The summed E-state index contributed by atoms with van der Waals surface area (Å²) in [6.45, 7) is 9.70. The second-order valence-corrected chi connectivity index (χ2v) is 8.79. The van der Waals surface area contributed by atoms with E-state index in [2.05, 4.69) is 15.2 Å². The fraction of sp³-hybridized carbons (Fsp3) is 0.478. The first-order chi connectivity index (χ1) is 16.3. The van der Waals surface area contributed by atoms with Gasteiger partial charge in [0.15, 0.2) is 17.0 Å². The van der Waals surface area contributed by atoms with Crippen molar-refractivity contribution in [1.82, 2.24) is 44.0 Å². The van der Waals surface area contributed by atoms with Crippen LogP contribution in [-0.2, 0) is 20.6 Å². The van der Waals surface area contributed by atoms with E-state index < -0.39 is 0 Å². The summed E-state index contributed by atoms with van der Waals surface area (Å²) in [6.07, 6.45) is 4.02. The Labute approximate surface area is 197 Å². The van der Waals surface area contributed by atoms with Crippen LogP contribution in [0.25, 0.3) is 22.6 Å². The molecule has 4 aromatic rings. The quantitative estimate of drug-likeness (QED) is 0.446. The Morgan fingerprint density at radius 3 is 2.65 bits per heavy atom. The molecule has 5 rings (SSSR count). The Hall–Kier alpha value is -3.76. The van der Waals surface area contributed by atoms with Gasteiger partial charge in [0, 0.05) is 45.0 Å². The van der Waals surface area contributed by atoms with E-state index in [1.807, 2.05) is 55.9 Å². The van der Waals surface area contributed by atoms with Crippen LogP contribution in [0.2, 0.25) is 0 Å². The number of fused-ring (bicyclic) bond motifs is 1. The van der Waals surface area contributed by atoms with Crippen molar-refractivity contribution in [3.8, 4) is 17.3 Å². The first-order valence-electron chi connectivity index (χ1n) is 11.5. The maximum Gasteiger partial charge on any atom is 0.257 e. The van der Waals surface area contributed by atoms with Crippen LogP contribution in [0.1, 0.15) is 40.8 Å². The molecule has 34 heavy (non-hydrogen) atoms. The predicted molar refractivity (Wildman–Crippen MR) is 126 cm³/mol. The monoisotopic (exact) mass is 463 g/mol. The Balaban J connectivity index is 1.43. The molecule has 1 unspecified atom stereocenters. The molecule has 0 spiro atoms. The first-order valence-corrected chi connectivity index (χ1v) is 11.5. The number of nitrogens with zero attached hydrogens (tertiary/aromatic N) is 9. The maximum atomic E-state index is 13.2. The number of rotatable bonds is 5. The Morgan fingerprint density at radius 1 is 1.18 bits per heavy atom. The number of carbonyl (C=O) groups excluding carboxylic acids is 1. The average Bonchev–Trinajstić information content (AvgIpc) is 3.56. The molecule has 0 N–H and O–H groups in total. The highest BCUT2D eigenvalue weighted by Crippen LogP contribution is 2.29. The molecule has 178 valence electrons. The summed E-state index contributed by atoms with van der Waals surface area (Å²) in [6, 6.07) is 0. The highest BCUT2D eigenvalue weighted by Gasteiger charge is 2.32. The summed E-state index contributed by atoms with van der Waals surface area (Å²) in [7, 11) is 3.75. The number of aryl methyl sites for hydroxylation is 4. The fourth-order valence-electron chi connectivity index (χ4n) is 4.58. The molecule has 0 bridgehead atoms. The molecule has 5 heterocycles. The molecule has 1 fully saturated rings. The van der Waals surface area contributed by atoms with Crippen LogP contribution < -0.4 is 4.74 Å². The van der Waals surface area contributed by atoms with E-state index in [1.54, 1.807) is 17.2 Å². The zero-order valence-electron chi connectivity index (χ0n) is 20.4. The fourth-order valence-corrected chi connectivity index (χ4v) is 4.58. The van der Waals surface area contributed by atoms with Crippen LogP contribution in [0.3, 0.4) is 0 Å². The van der Waals surface area contributed by atoms with Crippen molar-refractivity contribution >= 4 is 17.1 Å². The molecule has 11 nitrogen and oxygen atoms in total. The second kappa shape index (κ2) is 8.23. The topological polar surface area (TPSA) is 109 Å². The Bertz CT molecular complexity index is 1400. The lowest BCUT2D eigenvalue weighted by molar-refractivity contribution is 0.0770. The molecule has 1 aliphatic rings. The second-order valence-electron chi connectivity index (χ2n) is 8.79. The SMILES string of the molecule is CCn1ncc(-c2nc(OC3CCN(C(=O)c4c(C)nn(C)c4C)C3)c3ncn(C)c3n2)c1C. The number of carbonyl (C=O) groups is 1. The van der Waals surface area contributed by atoms with Gasteiger partial charge in [0.2, 0.25) is 5.88 Å². The van der Waals surface area contributed by atoms with Crippen molar-refractivity contribution in [2.75, 3.05) is 13.1 Å². The van der Waals surface area contributed by atoms with E-state index in [4.69, 9.17) is 14.7 Å². The normalized spacial score (nSPS) is 16.1. The maximum absolute atomic E-state index is 13.2. The minimum Gasteiger partial charge on any atom is -0.471 e. The molecule has 0 aliphatic carbocycles. The smallest absolute Gasteiger partial charge is 0.257 e. The van der Waals surface area contributed by atoms with Crippen molar-refractivity contribution in [2.24, 2.45) is 14.1 Å². The number of imidazole rings is 1. The van der Waals surface area contributed by atoms with Crippen LogP contribution in [0.4, 0.5) is 0 Å². The molecule has 11 heteroatoms. The van der Waals surface area contributed by atoms with Gasteiger partial charge in [-0.3, -0.25) is 14.2 Å². The predicted octanol–water partition coefficient (Wildman–Crippen LogP) is 2.20. The number of ether oxygens (including phenoxy) is 1. The van der Waals surface area contributed by atoms with Gasteiger partial charge in [-0.25, -0.2) is 9.97 Å². The van der Waals surface area contributed by atoms with Crippen molar-refractivity contribution in [3.05, 3.63) is 35.2 Å². The van der Waals surface area contributed by atoms with Gasteiger partial charge in [-0.1, -0.05) is 0 Å². The summed E-state index contributed by atoms with van der Waals surface area (Å²) < 4.78 is 11.9. The van der Waals surface area contributed by atoms with Crippen molar-refractivity contribution < 1.29 is 9.53 Å². The lowest BCUT2D eigenvalue weighted by Crippen LogP contribution is -2.31. The van der Waals surface area contributed by atoms with Gasteiger partial charge < -0.3 is 14.2 Å². The minimum atomic E-state index is -0.186. The van der Waals surface area contributed by atoms with E-state index >= 15 is 0 Å². The molecule has 1 amide bonds. The molecule has 4 aromatic heterocycles. The van der Waals surface area contributed by atoms with Gasteiger partial charge in [0.25, 0.3) is 5.91 Å². The van der Waals surface area contributed by atoms with E-state index in [0.717, 1.165) is 29.2 Å².